The number of amides is 1. The van der Waals surface area contributed by atoms with E-state index in [0.717, 1.165) is 12.1 Å². The van der Waals surface area contributed by atoms with E-state index in [0.29, 0.717) is 10.8 Å². The third-order valence-electron chi connectivity index (χ3n) is 3.04. The average Bonchev–Trinajstić information content (AvgIpc) is 2.56. The van der Waals surface area contributed by atoms with Crippen LogP contribution in [0.1, 0.15) is 6.92 Å². The van der Waals surface area contributed by atoms with E-state index in [2.05, 4.69) is 5.32 Å². The Morgan fingerprint density at radius 2 is 1.84 bits per heavy atom. The van der Waals surface area contributed by atoms with Gasteiger partial charge in [-0.05, 0) is 49.4 Å². The zero-order valence-electron chi connectivity index (χ0n) is 13.1. The summed E-state index contributed by atoms with van der Waals surface area (Å²) in [6, 6.07) is 9.96. The molecule has 0 spiro atoms. The first-order valence-electron chi connectivity index (χ1n) is 7.19. The Balaban J connectivity index is 1.83. The third-order valence-corrected chi connectivity index (χ3v) is 3.60. The highest BCUT2D eigenvalue weighted by Crippen LogP contribution is 2.22. The largest absolute Gasteiger partial charge is 0.482 e. The SMILES string of the molecule is C[C@H](OC(=O)COc1ccc(Cl)cc1)C(=O)Nc1ccc(F)cc1Cl. The first-order valence-corrected chi connectivity index (χ1v) is 7.94. The third kappa shape index (κ3) is 5.92. The van der Waals surface area contributed by atoms with Crippen molar-refractivity contribution in [3.63, 3.8) is 0 Å². The standard InChI is InChI=1S/C17H14Cl2FNO4/c1-10(17(23)21-15-7-4-12(20)8-14(15)19)25-16(22)9-24-13-5-2-11(18)3-6-13/h2-8,10H,9H2,1H3,(H,21,23)/t10-/m0/s1. The van der Waals surface area contributed by atoms with Crippen molar-refractivity contribution >= 4 is 40.8 Å². The van der Waals surface area contributed by atoms with Crippen molar-refractivity contribution in [2.24, 2.45) is 0 Å². The monoisotopic (exact) mass is 385 g/mol. The minimum atomic E-state index is -1.08. The normalized spacial score (nSPS) is 11.5. The lowest BCUT2D eigenvalue weighted by Gasteiger charge is -2.14. The summed E-state index contributed by atoms with van der Waals surface area (Å²) in [5, 5.41) is 3.03. The quantitative estimate of drug-likeness (QED) is 0.760. The highest BCUT2D eigenvalue weighted by molar-refractivity contribution is 6.33. The zero-order chi connectivity index (χ0) is 18.4. The number of halogens is 3. The molecular formula is C17H14Cl2FNO4. The maximum Gasteiger partial charge on any atom is 0.344 e. The Bertz CT molecular complexity index is 768. The molecule has 2 aromatic rings. The lowest BCUT2D eigenvalue weighted by atomic mass is 10.3. The number of nitrogens with one attached hydrogen (secondary N) is 1. The summed E-state index contributed by atoms with van der Waals surface area (Å²) in [6.45, 7) is 1.03. The molecule has 0 radical (unpaired) electrons. The number of carbonyl (C=O) groups is 2. The Morgan fingerprint density at radius 1 is 1.16 bits per heavy atom. The van der Waals surface area contributed by atoms with Crippen LogP contribution in [0.25, 0.3) is 0 Å². The van der Waals surface area contributed by atoms with Crippen molar-refractivity contribution in [2.75, 3.05) is 11.9 Å². The van der Waals surface area contributed by atoms with E-state index in [9.17, 15) is 14.0 Å². The van der Waals surface area contributed by atoms with Crippen LogP contribution in [0, 0.1) is 5.82 Å². The highest BCUT2D eigenvalue weighted by Gasteiger charge is 2.19. The van der Waals surface area contributed by atoms with E-state index in [1.54, 1.807) is 24.3 Å². The molecule has 1 N–H and O–H groups in total. The molecule has 5 nitrogen and oxygen atoms in total. The molecule has 0 aliphatic rings. The minimum Gasteiger partial charge on any atom is -0.482 e. The molecule has 0 saturated carbocycles. The van der Waals surface area contributed by atoms with Gasteiger partial charge in [0.15, 0.2) is 12.7 Å². The van der Waals surface area contributed by atoms with Crippen molar-refractivity contribution < 1.29 is 23.5 Å². The molecule has 132 valence electrons. The van der Waals surface area contributed by atoms with Gasteiger partial charge in [0.05, 0.1) is 10.7 Å². The topological polar surface area (TPSA) is 64.6 Å². The molecule has 2 aromatic carbocycles. The van der Waals surface area contributed by atoms with Gasteiger partial charge < -0.3 is 14.8 Å². The number of rotatable bonds is 6. The number of carbonyl (C=O) groups excluding carboxylic acids is 2. The first-order chi connectivity index (χ1) is 11.8. The summed E-state index contributed by atoms with van der Waals surface area (Å²) in [5.74, 6) is -1.41. The van der Waals surface area contributed by atoms with Crippen molar-refractivity contribution in [2.45, 2.75) is 13.0 Å². The lowest BCUT2D eigenvalue weighted by molar-refractivity contribution is -0.155. The van der Waals surface area contributed by atoms with Crippen molar-refractivity contribution in [1.82, 2.24) is 0 Å². The van der Waals surface area contributed by atoms with Crippen LogP contribution in [-0.4, -0.2) is 24.6 Å². The maximum atomic E-state index is 13.0. The summed E-state index contributed by atoms with van der Waals surface area (Å²) in [7, 11) is 0. The molecule has 0 aliphatic heterocycles. The van der Waals surface area contributed by atoms with E-state index in [1.165, 1.54) is 13.0 Å². The highest BCUT2D eigenvalue weighted by atomic mass is 35.5. The summed E-state index contributed by atoms with van der Waals surface area (Å²) in [6.07, 6.45) is -1.08. The molecule has 0 saturated heterocycles. The number of ether oxygens (including phenoxy) is 2. The van der Waals surface area contributed by atoms with Crippen LogP contribution in [0.15, 0.2) is 42.5 Å². The zero-order valence-corrected chi connectivity index (χ0v) is 14.6. The Labute approximate surface area is 153 Å². The van der Waals surface area contributed by atoms with Crippen molar-refractivity contribution in [1.29, 1.82) is 0 Å². The van der Waals surface area contributed by atoms with Gasteiger partial charge in [0.2, 0.25) is 0 Å². The maximum absolute atomic E-state index is 13.0. The summed E-state index contributed by atoms with van der Waals surface area (Å²) in [4.78, 5) is 23.7. The summed E-state index contributed by atoms with van der Waals surface area (Å²) < 4.78 is 23.2. The van der Waals surface area contributed by atoms with Gasteiger partial charge >= 0.3 is 5.97 Å². The van der Waals surface area contributed by atoms with E-state index >= 15 is 0 Å². The van der Waals surface area contributed by atoms with Crippen LogP contribution in [0.4, 0.5) is 10.1 Å². The number of hydrogen-bond acceptors (Lipinski definition) is 4. The fraction of sp³-hybridized carbons (Fsp3) is 0.176. The summed E-state index contributed by atoms with van der Waals surface area (Å²) in [5.41, 5.74) is 0.216. The molecule has 0 fully saturated rings. The molecule has 0 aromatic heterocycles. The van der Waals surface area contributed by atoms with Gasteiger partial charge in [-0.15, -0.1) is 0 Å². The second-order valence-corrected chi connectivity index (χ2v) is 5.83. The Hall–Kier alpha value is -2.31. The number of hydrogen-bond donors (Lipinski definition) is 1. The van der Waals surface area contributed by atoms with E-state index in [4.69, 9.17) is 32.7 Å². The fourth-order valence-electron chi connectivity index (χ4n) is 1.78. The molecule has 2 rings (SSSR count). The predicted octanol–water partition coefficient (Wildman–Crippen LogP) is 4.08. The van der Waals surface area contributed by atoms with Gasteiger partial charge in [-0.1, -0.05) is 23.2 Å². The van der Waals surface area contributed by atoms with Crippen LogP contribution in [0.2, 0.25) is 10.0 Å². The lowest BCUT2D eigenvalue weighted by Crippen LogP contribution is -2.31. The van der Waals surface area contributed by atoms with Gasteiger partial charge in [-0.3, -0.25) is 4.79 Å². The van der Waals surface area contributed by atoms with Gasteiger partial charge in [0.25, 0.3) is 5.91 Å². The van der Waals surface area contributed by atoms with Crippen molar-refractivity contribution in [3.05, 3.63) is 58.3 Å². The number of esters is 1. The molecule has 0 unspecified atom stereocenters. The first kappa shape index (κ1) is 19.0. The Morgan fingerprint density at radius 3 is 2.48 bits per heavy atom. The van der Waals surface area contributed by atoms with Crippen molar-refractivity contribution in [3.8, 4) is 5.75 Å². The second kappa shape index (κ2) is 8.69. The molecule has 0 bridgehead atoms. The van der Waals surface area contributed by atoms with Gasteiger partial charge in [-0.2, -0.15) is 0 Å². The van der Waals surface area contributed by atoms with Crippen LogP contribution >= 0.6 is 23.2 Å². The van der Waals surface area contributed by atoms with Crippen LogP contribution in [0.3, 0.4) is 0 Å². The fourth-order valence-corrected chi connectivity index (χ4v) is 2.12. The minimum absolute atomic E-state index is 0.0398. The van der Waals surface area contributed by atoms with Gasteiger partial charge in [-0.25, -0.2) is 9.18 Å². The molecule has 8 heteroatoms. The predicted molar refractivity (Wildman–Crippen MR) is 92.5 cm³/mol. The van der Waals surface area contributed by atoms with Gasteiger partial charge in [0.1, 0.15) is 11.6 Å². The smallest absolute Gasteiger partial charge is 0.344 e. The van der Waals surface area contributed by atoms with E-state index < -0.39 is 23.8 Å². The van der Waals surface area contributed by atoms with E-state index in [-0.39, 0.29) is 17.3 Å². The number of anilines is 1. The van der Waals surface area contributed by atoms with Gasteiger partial charge in [0, 0.05) is 5.02 Å². The molecule has 0 aliphatic carbocycles. The number of benzene rings is 2. The average molecular weight is 386 g/mol. The van der Waals surface area contributed by atoms with E-state index in [1.807, 2.05) is 0 Å². The van der Waals surface area contributed by atoms with Crippen LogP contribution in [0.5, 0.6) is 5.75 Å². The summed E-state index contributed by atoms with van der Waals surface area (Å²) >= 11 is 11.6. The second-order valence-electron chi connectivity index (χ2n) is 4.99. The van der Waals surface area contributed by atoms with Crippen LogP contribution < -0.4 is 10.1 Å². The molecule has 1 atom stereocenters. The molecule has 25 heavy (non-hydrogen) atoms. The Kier molecular flexibility index (Phi) is 6.61. The van der Waals surface area contributed by atoms with Crippen LogP contribution in [-0.2, 0) is 14.3 Å². The molecular weight excluding hydrogens is 372 g/mol. The molecule has 0 heterocycles. The molecule has 1 amide bonds.